The number of rotatable bonds is 4. The van der Waals surface area contributed by atoms with Gasteiger partial charge in [-0.25, -0.2) is 4.79 Å². The van der Waals surface area contributed by atoms with Crippen LogP contribution in [0.2, 0.25) is 0 Å². The van der Waals surface area contributed by atoms with Crippen molar-refractivity contribution >= 4 is 12.0 Å². The minimum Gasteiger partial charge on any atom is -0.481 e. The smallest absolute Gasteiger partial charge is 0.317 e. The number of likely N-dealkylation sites (tertiary alicyclic amines) is 2. The average molecular weight is 283 g/mol. The van der Waals surface area contributed by atoms with Crippen LogP contribution in [0.1, 0.15) is 32.1 Å². The minimum absolute atomic E-state index is 0.0398. The van der Waals surface area contributed by atoms with Crippen molar-refractivity contribution in [3.63, 3.8) is 0 Å². The molecule has 2 atom stereocenters. The normalized spacial score (nSPS) is 26.9. The van der Waals surface area contributed by atoms with Gasteiger partial charge in [-0.2, -0.15) is 0 Å². The molecule has 0 bridgehead atoms. The number of hydrogen-bond acceptors (Lipinski definition) is 3. The van der Waals surface area contributed by atoms with E-state index in [1.165, 1.54) is 19.4 Å². The van der Waals surface area contributed by atoms with Gasteiger partial charge in [0.05, 0.1) is 0 Å². The summed E-state index contributed by atoms with van der Waals surface area (Å²) in [4.78, 5) is 26.8. The lowest BCUT2D eigenvalue weighted by molar-refractivity contribution is -0.137. The predicted molar refractivity (Wildman–Crippen MR) is 75.6 cm³/mol. The van der Waals surface area contributed by atoms with Gasteiger partial charge in [-0.3, -0.25) is 4.79 Å². The molecule has 20 heavy (non-hydrogen) atoms. The maximum atomic E-state index is 12.1. The fourth-order valence-corrected chi connectivity index (χ4v) is 3.38. The molecule has 0 aliphatic carbocycles. The number of fused-ring (bicyclic) bond motifs is 1. The van der Waals surface area contributed by atoms with Crippen LogP contribution in [0.15, 0.2) is 0 Å². The van der Waals surface area contributed by atoms with Crippen molar-refractivity contribution in [1.82, 2.24) is 15.1 Å². The third kappa shape index (κ3) is 3.85. The number of carboxylic acid groups (broad SMARTS) is 1. The predicted octanol–water partition coefficient (Wildman–Crippen LogP) is 0.977. The molecule has 2 unspecified atom stereocenters. The molecule has 2 aliphatic heterocycles. The fraction of sp³-hybridized carbons (Fsp3) is 0.857. The van der Waals surface area contributed by atoms with Crippen molar-refractivity contribution in [3.05, 3.63) is 0 Å². The Hall–Kier alpha value is -1.30. The second-order valence-electron chi connectivity index (χ2n) is 5.91. The van der Waals surface area contributed by atoms with E-state index in [4.69, 9.17) is 5.11 Å². The van der Waals surface area contributed by atoms with Gasteiger partial charge in [0.25, 0.3) is 0 Å². The van der Waals surface area contributed by atoms with Gasteiger partial charge in [-0.15, -0.1) is 0 Å². The van der Waals surface area contributed by atoms with Crippen molar-refractivity contribution < 1.29 is 14.7 Å². The molecule has 2 aliphatic rings. The lowest BCUT2D eigenvalue weighted by Gasteiger charge is -2.45. The number of carbonyl (C=O) groups is 2. The number of hydrogen-bond donors (Lipinski definition) is 2. The SMILES string of the molecule is CN1CCCC2CN(C(=O)NCCCC(=O)O)CCC21. The van der Waals surface area contributed by atoms with Crippen LogP contribution in [0, 0.1) is 5.92 Å². The van der Waals surface area contributed by atoms with Crippen LogP contribution < -0.4 is 5.32 Å². The van der Waals surface area contributed by atoms with Crippen molar-refractivity contribution in [2.75, 3.05) is 33.2 Å². The first-order chi connectivity index (χ1) is 9.58. The Bertz CT molecular complexity index is 362. The molecule has 0 saturated carbocycles. The van der Waals surface area contributed by atoms with E-state index in [-0.39, 0.29) is 12.5 Å². The molecule has 2 rings (SSSR count). The lowest BCUT2D eigenvalue weighted by atomic mass is 9.84. The van der Waals surface area contributed by atoms with E-state index in [1.807, 2.05) is 4.90 Å². The molecule has 2 heterocycles. The monoisotopic (exact) mass is 283 g/mol. The standard InChI is InChI=1S/C14H25N3O3/c1-16-8-3-4-11-10-17(9-6-12(11)16)14(20)15-7-2-5-13(18)19/h11-12H,2-10H2,1H3,(H,15,20)(H,18,19). The summed E-state index contributed by atoms with van der Waals surface area (Å²) in [5, 5.41) is 11.4. The van der Waals surface area contributed by atoms with Gasteiger partial charge < -0.3 is 20.2 Å². The molecule has 2 saturated heterocycles. The van der Waals surface area contributed by atoms with E-state index < -0.39 is 5.97 Å². The summed E-state index contributed by atoms with van der Waals surface area (Å²) in [7, 11) is 2.18. The highest BCUT2D eigenvalue weighted by Crippen LogP contribution is 2.29. The summed E-state index contributed by atoms with van der Waals surface area (Å²) in [5.41, 5.74) is 0. The first-order valence-corrected chi connectivity index (χ1v) is 7.52. The number of piperidine rings is 2. The molecule has 2 fully saturated rings. The topological polar surface area (TPSA) is 72.9 Å². The third-order valence-electron chi connectivity index (χ3n) is 4.48. The number of amides is 2. The Balaban J connectivity index is 1.73. The van der Waals surface area contributed by atoms with E-state index >= 15 is 0 Å². The van der Waals surface area contributed by atoms with Crippen LogP contribution in [0.5, 0.6) is 0 Å². The molecular weight excluding hydrogens is 258 g/mol. The van der Waals surface area contributed by atoms with Gasteiger partial charge >= 0.3 is 12.0 Å². The molecule has 0 aromatic rings. The summed E-state index contributed by atoms with van der Waals surface area (Å²) in [6, 6.07) is 0.585. The molecule has 0 aromatic heterocycles. The maximum absolute atomic E-state index is 12.1. The van der Waals surface area contributed by atoms with Gasteiger partial charge in [-0.1, -0.05) is 0 Å². The lowest BCUT2D eigenvalue weighted by Crippen LogP contribution is -2.55. The van der Waals surface area contributed by atoms with Crippen molar-refractivity contribution in [1.29, 1.82) is 0 Å². The molecule has 6 heteroatoms. The van der Waals surface area contributed by atoms with Crippen LogP contribution in [-0.4, -0.2) is 66.2 Å². The van der Waals surface area contributed by atoms with Gasteiger partial charge in [0.15, 0.2) is 0 Å². The van der Waals surface area contributed by atoms with E-state index in [1.54, 1.807) is 0 Å². The number of carbonyl (C=O) groups excluding carboxylic acids is 1. The molecule has 0 spiro atoms. The van der Waals surface area contributed by atoms with Crippen LogP contribution >= 0.6 is 0 Å². The first-order valence-electron chi connectivity index (χ1n) is 7.52. The Labute approximate surface area is 120 Å². The number of carboxylic acids is 1. The van der Waals surface area contributed by atoms with Crippen molar-refractivity contribution in [3.8, 4) is 0 Å². The van der Waals surface area contributed by atoms with E-state index in [0.717, 1.165) is 19.5 Å². The second-order valence-corrected chi connectivity index (χ2v) is 5.91. The summed E-state index contributed by atoms with van der Waals surface area (Å²) >= 11 is 0. The summed E-state index contributed by atoms with van der Waals surface area (Å²) in [6.45, 7) is 3.24. The number of aliphatic carboxylic acids is 1. The summed E-state index contributed by atoms with van der Waals surface area (Å²) < 4.78 is 0. The van der Waals surface area contributed by atoms with Crippen molar-refractivity contribution in [2.45, 2.75) is 38.1 Å². The largest absolute Gasteiger partial charge is 0.481 e. The summed E-state index contributed by atoms with van der Waals surface area (Å²) in [6.07, 6.45) is 4.06. The minimum atomic E-state index is -0.815. The molecule has 0 aromatic carbocycles. The Morgan fingerprint density at radius 2 is 2.10 bits per heavy atom. The second kappa shape index (κ2) is 6.92. The van der Waals surface area contributed by atoms with E-state index in [9.17, 15) is 9.59 Å². The first kappa shape index (κ1) is 15.1. The Morgan fingerprint density at radius 1 is 1.30 bits per heavy atom. The fourth-order valence-electron chi connectivity index (χ4n) is 3.38. The van der Waals surface area contributed by atoms with Gasteiger partial charge in [-0.05, 0) is 45.2 Å². The molecule has 0 radical (unpaired) electrons. The van der Waals surface area contributed by atoms with E-state index in [2.05, 4.69) is 17.3 Å². The van der Waals surface area contributed by atoms with Crippen molar-refractivity contribution in [2.24, 2.45) is 5.92 Å². The Morgan fingerprint density at radius 3 is 2.85 bits per heavy atom. The van der Waals surface area contributed by atoms with Gasteiger partial charge in [0.2, 0.25) is 0 Å². The number of nitrogens with zero attached hydrogens (tertiary/aromatic N) is 2. The quantitative estimate of drug-likeness (QED) is 0.754. The highest BCUT2D eigenvalue weighted by molar-refractivity contribution is 5.74. The zero-order valence-corrected chi connectivity index (χ0v) is 12.2. The zero-order chi connectivity index (χ0) is 14.5. The molecule has 114 valence electrons. The highest BCUT2D eigenvalue weighted by atomic mass is 16.4. The van der Waals surface area contributed by atoms with Crippen LogP contribution in [0.4, 0.5) is 4.79 Å². The highest BCUT2D eigenvalue weighted by Gasteiger charge is 2.35. The molecule has 6 nitrogen and oxygen atoms in total. The van der Waals surface area contributed by atoms with Gasteiger partial charge in [0, 0.05) is 32.1 Å². The molecule has 2 amide bonds. The average Bonchev–Trinajstić information content (AvgIpc) is 2.43. The maximum Gasteiger partial charge on any atom is 0.317 e. The number of urea groups is 1. The summed E-state index contributed by atoms with van der Waals surface area (Å²) in [5.74, 6) is -0.224. The Kier molecular flexibility index (Phi) is 5.23. The third-order valence-corrected chi connectivity index (χ3v) is 4.48. The van der Waals surface area contributed by atoms with Gasteiger partial charge in [0.1, 0.15) is 0 Å². The van der Waals surface area contributed by atoms with Crippen LogP contribution in [0.3, 0.4) is 0 Å². The van der Waals surface area contributed by atoms with E-state index in [0.29, 0.717) is 24.9 Å². The van der Waals surface area contributed by atoms with Crippen LogP contribution in [0.25, 0.3) is 0 Å². The number of nitrogens with one attached hydrogen (secondary N) is 1. The molecular formula is C14H25N3O3. The molecule has 2 N–H and O–H groups in total. The zero-order valence-electron chi connectivity index (χ0n) is 12.2. The van der Waals surface area contributed by atoms with Crippen LogP contribution in [-0.2, 0) is 4.79 Å².